The first-order chi connectivity index (χ1) is 19.6. The molecule has 0 radical (unpaired) electrons. The lowest BCUT2D eigenvalue weighted by molar-refractivity contribution is -0.154. The number of hydrogen-bond acceptors (Lipinski definition) is 8. The van der Waals surface area contributed by atoms with E-state index in [1.54, 1.807) is 19.1 Å². The highest BCUT2D eigenvalue weighted by Gasteiger charge is 2.32. The molecule has 0 amide bonds. The molecule has 2 aromatic carbocycles. The van der Waals surface area contributed by atoms with Gasteiger partial charge in [-0.25, -0.2) is 26.0 Å². The van der Waals surface area contributed by atoms with Crippen molar-refractivity contribution < 1.29 is 43.9 Å². The molecule has 1 aromatic heterocycles. The third-order valence-electron chi connectivity index (χ3n) is 6.60. The molecule has 0 unspecified atom stereocenters. The van der Waals surface area contributed by atoms with Gasteiger partial charge >= 0.3 is 12.2 Å². The summed E-state index contributed by atoms with van der Waals surface area (Å²) in [5.74, 6) is -8.31. The second-order valence-electron chi connectivity index (χ2n) is 9.62. The largest absolute Gasteiger partial charge is 0.454 e. The van der Waals surface area contributed by atoms with Crippen LogP contribution in [-0.2, 0) is 10.0 Å². The molecule has 17 heteroatoms. The predicted octanol–water partition coefficient (Wildman–Crippen LogP) is 5.30. The minimum atomic E-state index is -4.78. The molecule has 1 saturated heterocycles. The van der Waals surface area contributed by atoms with Crippen LogP contribution in [0.15, 0.2) is 23.1 Å². The number of sulfonamides is 1. The molecule has 42 heavy (non-hydrogen) atoms. The standard InChI is InChI=1S/C25H25F7N6O3S/c1-12-4-5-16(10-13(12)2)42(39,40)38-8-6-15(7-9-38)33-22-35-23(37-24(36-22)41-11-25(30,31)32)34-21-18(27)14(3)17(26)19(28)20(21)29/h4-5,10,15H,6-9,11H2,1-3H3,(H2,33,34,35,36,37). The fourth-order valence-corrected chi connectivity index (χ4v) is 5.66. The summed E-state index contributed by atoms with van der Waals surface area (Å²) in [6.45, 7) is 2.87. The number of nitrogens with zero attached hydrogens (tertiary/aromatic N) is 4. The number of aryl methyl sites for hydroxylation is 2. The second-order valence-corrected chi connectivity index (χ2v) is 11.6. The number of nitrogens with one attached hydrogen (secondary N) is 2. The van der Waals surface area contributed by atoms with Gasteiger partial charge in [0.25, 0.3) is 0 Å². The highest BCUT2D eigenvalue weighted by molar-refractivity contribution is 7.89. The molecule has 3 aromatic rings. The van der Waals surface area contributed by atoms with Crippen molar-refractivity contribution in [1.82, 2.24) is 19.3 Å². The molecule has 0 atom stereocenters. The van der Waals surface area contributed by atoms with Crippen LogP contribution in [-0.4, -0.2) is 59.6 Å². The first-order valence-corrected chi connectivity index (χ1v) is 13.9. The second kappa shape index (κ2) is 11.9. The van der Waals surface area contributed by atoms with Crippen LogP contribution in [0, 0.1) is 44.0 Å². The number of piperidine rings is 1. The van der Waals surface area contributed by atoms with E-state index in [-0.39, 0.29) is 36.8 Å². The molecule has 9 nitrogen and oxygen atoms in total. The molecule has 0 bridgehead atoms. The van der Waals surface area contributed by atoms with Gasteiger partial charge in [-0.2, -0.15) is 32.4 Å². The number of ether oxygens (including phenoxy) is 1. The zero-order valence-electron chi connectivity index (χ0n) is 22.4. The molecule has 4 rings (SSSR count). The summed E-state index contributed by atoms with van der Waals surface area (Å²) >= 11 is 0. The highest BCUT2D eigenvalue weighted by atomic mass is 32.2. The summed E-state index contributed by atoms with van der Waals surface area (Å²) in [4.78, 5) is 11.3. The Hall–Kier alpha value is -3.73. The van der Waals surface area contributed by atoms with E-state index in [2.05, 4.69) is 25.0 Å². The van der Waals surface area contributed by atoms with Crippen LogP contribution in [0.25, 0.3) is 0 Å². The lowest BCUT2D eigenvalue weighted by Gasteiger charge is -2.31. The summed E-state index contributed by atoms with van der Waals surface area (Å²) in [5.41, 5.74) is -0.296. The van der Waals surface area contributed by atoms with Crippen LogP contribution in [0.4, 0.5) is 48.3 Å². The van der Waals surface area contributed by atoms with Gasteiger partial charge in [-0.3, -0.25) is 0 Å². The number of rotatable bonds is 8. The summed E-state index contributed by atoms with van der Waals surface area (Å²) in [6.07, 6.45) is -4.30. The van der Waals surface area contributed by atoms with Crippen molar-refractivity contribution in [2.75, 3.05) is 30.3 Å². The van der Waals surface area contributed by atoms with Crippen molar-refractivity contribution in [3.63, 3.8) is 0 Å². The molecule has 1 aliphatic rings. The normalized spacial score (nSPS) is 15.1. The number of hydrogen-bond donors (Lipinski definition) is 2. The van der Waals surface area contributed by atoms with Crippen molar-refractivity contribution >= 4 is 27.6 Å². The molecule has 0 spiro atoms. The number of alkyl halides is 3. The lowest BCUT2D eigenvalue weighted by atomic mass is 10.1. The van der Waals surface area contributed by atoms with Gasteiger partial charge in [0.15, 0.2) is 29.9 Å². The van der Waals surface area contributed by atoms with Gasteiger partial charge in [0, 0.05) is 24.7 Å². The molecule has 0 aliphatic carbocycles. The van der Waals surface area contributed by atoms with Gasteiger partial charge in [0.2, 0.25) is 21.9 Å². The SMILES string of the molecule is Cc1ccc(S(=O)(=O)N2CCC(Nc3nc(Nc4c(F)c(C)c(F)c(F)c4F)nc(OCC(F)(F)F)n3)CC2)cc1C. The molecule has 228 valence electrons. The average Bonchev–Trinajstić information content (AvgIpc) is 2.93. The van der Waals surface area contributed by atoms with Crippen LogP contribution >= 0.6 is 0 Å². The Morgan fingerprint density at radius 1 is 0.905 bits per heavy atom. The van der Waals surface area contributed by atoms with Gasteiger partial charge < -0.3 is 15.4 Å². The van der Waals surface area contributed by atoms with Crippen molar-refractivity contribution in [2.45, 2.75) is 50.7 Å². The molecular formula is C25H25F7N6O3S. The van der Waals surface area contributed by atoms with Crippen LogP contribution in [0.2, 0.25) is 0 Å². The summed E-state index contributed by atoms with van der Waals surface area (Å²) < 4.78 is 127. The zero-order chi connectivity index (χ0) is 31.0. The van der Waals surface area contributed by atoms with Gasteiger partial charge in [0.1, 0.15) is 5.69 Å². The maximum Gasteiger partial charge on any atom is 0.422 e. The number of benzene rings is 2. The summed E-state index contributed by atoms with van der Waals surface area (Å²) in [6, 6.07) is 3.45. The quantitative estimate of drug-likeness (QED) is 0.198. The van der Waals surface area contributed by atoms with E-state index in [0.717, 1.165) is 18.1 Å². The Balaban J connectivity index is 1.54. The highest BCUT2D eigenvalue weighted by Crippen LogP contribution is 2.30. The van der Waals surface area contributed by atoms with Gasteiger partial charge in [-0.15, -0.1) is 0 Å². The van der Waals surface area contributed by atoms with Crippen molar-refractivity contribution in [3.8, 4) is 6.01 Å². The van der Waals surface area contributed by atoms with E-state index in [1.165, 1.54) is 10.4 Å². The fraction of sp³-hybridized carbons (Fsp3) is 0.400. The van der Waals surface area contributed by atoms with Gasteiger partial charge in [0.05, 0.1) is 4.90 Å². The van der Waals surface area contributed by atoms with Crippen molar-refractivity contribution in [3.05, 3.63) is 58.2 Å². The zero-order valence-corrected chi connectivity index (χ0v) is 23.2. The molecule has 0 saturated carbocycles. The number of aromatic nitrogens is 3. The van der Waals surface area contributed by atoms with Gasteiger partial charge in [-0.1, -0.05) is 6.07 Å². The fourth-order valence-electron chi connectivity index (χ4n) is 4.11. The van der Waals surface area contributed by atoms with E-state index in [9.17, 15) is 39.2 Å². The van der Waals surface area contributed by atoms with E-state index in [1.807, 2.05) is 12.2 Å². The van der Waals surface area contributed by atoms with Crippen LogP contribution in [0.5, 0.6) is 6.01 Å². The average molecular weight is 623 g/mol. The third-order valence-corrected chi connectivity index (χ3v) is 8.50. The minimum absolute atomic E-state index is 0.0884. The van der Waals surface area contributed by atoms with Crippen molar-refractivity contribution in [1.29, 1.82) is 0 Å². The maximum absolute atomic E-state index is 14.5. The minimum Gasteiger partial charge on any atom is -0.454 e. The van der Waals surface area contributed by atoms with E-state index in [0.29, 0.717) is 0 Å². The van der Waals surface area contributed by atoms with Crippen LogP contribution in [0.3, 0.4) is 0 Å². The molecule has 2 N–H and O–H groups in total. The Morgan fingerprint density at radius 2 is 1.55 bits per heavy atom. The smallest absolute Gasteiger partial charge is 0.422 e. The first-order valence-electron chi connectivity index (χ1n) is 12.5. The topological polar surface area (TPSA) is 109 Å². The third kappa shape index (κ3) is 6.83. The van der Waals surface area contributed by atoms with E-state index in [4.69, 9.17) is 0 Å². The Labute approximate surface area is 236 Å². The molecule has 1 fully saturated rings. The Bertz CT molecular complexity index is 1570. The monoisotopic (exact) mass is 622 g/mol. The number of halogens is 7. The lowest BCUT2D eigenvalue weighted by Crippen LogP contribution is -2.42. The summed E-state index contributed by atoms with van der Waals surface area (Å²) in [5, 5.41) is 4.84. The molecule has 1 aliphatic heterocycles. The Kier molecular flexibility index (Phi) is 8.82. The summed E-state index contributed by atoms with van der Waals surface area (Å²) in [7, 11) is -3.79. The van der Waals surface area contributed by atoms with Crippen molar-refractivity contribution in [2.24, 2.45) is 0 Å². The van der Waals surface area contributed by atoms with Crippen LogP contribution < -0.4 is 15.4 Å². The first kappa shape index (κ1) is 31.2. The van der Waals surface area contributed by atoms with E-state index < -0.39 is 75.3 Å². The molecular weight excluding hydrogens is 597 g/mol. The van der Waals surface area contributed by atoms with Gasteiger partial charge in [-0.05, 0) is 56.9 Å². The maximum atomic E-state index is 14.5. The van der Waals surface area contributed by atoms with Crippen LogP contribution in [0.1, 0.15) is 29.5 Å². The van der Waals surface area contributed by atoms with E-state index >= 15 is 0 Å². The Morgan fingerprint density at radius 3 is 2.17 bits per heavy atom. The number of anilines is 3. The molecule has 2 heterocycles. The predicted molar refractivity (Wildman–Crippen MR) is 137 cm³/mol.